The average molecular weight is 470 g/mol. The summed E-state index contributed by atoms with van der Waals surface area (Å²) in [7, 11) is -3.85. The number of phenols is 1. The first-order chi connectivity index (χ1) is 14.4. The van der Waals surface area contributed by atoms with Gasteiger partial charge in [-0.25, -0.2) is 8.42 Å². The molecule has 30 heavy (non-hydrogen) atoms. The predicted octanol–water partition coefficient (Wildman–Crippen LogP) is 3.85. The van der Waals surface area contributed by atoms with Crippen molar-refractivity contribution in [1.82, 2.24) is 24.9 Å². The summed E-state index contributed by atoms with van der Waals surface area (Å²) in [6, 6.07) is 7.07. The number of tetrazole rings is 1. The van der Waals surface area contributed by atoms with E-state index >= 15 is 0 Å². The molecule has 0 bridgehead atoms. The first kappa shape index (κ1) is 20.9. The Hall–Kier alpha value is -2.40. The van der Waals surface area contributed by atoms with Crippen molar-refractivity contribution in [2.45, 2.75) is 24.2 Å². The highest BCUT2D eigenvalue weighted by Gasteiger charge is 2.29. The molecule has 3 aromatic rings. The molecule has 1 saturated heterocycles. The van der Waals surface area contributed by atoms with Gasteiger partial charge < -0.3 is 9.84 Å². The van der Waals surface area contributed by atoms with Crippen molar-refractivity contribution >= 4 is 33.2 Å². The van der Waals surface area contributed by atoms with Crippen molar-refractivity contribution in [3.63, 3.8) is 0 Å². The molecule has 0 radical (unpaired) electrons. The molecule has 0 amide bonds. The third-order valence-corrected chi connectivity index (χ3v) is 7.18. The molecule has 4 rings (SSSR count). The maximum absolute atomic E-state index is 13.0. The summed E-state index contributed by atoms with van der Waals surface area (Å²) >= 11 is 12.6. The molecule has 0 spiro atoms. The third-order valence-electron chi connectivity index (χ3n) is 4.69. The molecule has 12 heteroatoms. The van der Waals surface area contributed by atoms with Crippen LogP contribution in [-0.2, 0) is 10.0 Å². The zero-order chi connectivity index (χ0) is 21.3. The predicted molar refractivity (Wildman–Crippen MR) is 110 cm³/mol. The number of aromatic nitrogens is 4. The van der Waals surface area contributed by atoms with Crippen LogP contribution in [0.25, 0.3) is 11.4 Å². The van der Waals surface area contributed by atoms with E-state index < -0.39 is 10.0 Å². The van der Waals surface area contributed by atoms with Crippen LogP contribution in [0.15, 0.2) is 35.2 Å². The van der Waals surface area contributed by atoms with Gasteiger partial charge in [-0.1, -0.05) is 29.6 Å². The lowest BCUT2D eigenvalue weighted by Crippen LogP contribution is -2.35. The van der Waals surface area contributed by atoms with Crippen molar-refractivity contribution < 1.29 is 18.3 Å². The number of nitrogens with zero attached hydrogens (tertiary/aromatic N) is 4. The molecule has 2 aromatic carbocycles. The largest absolute Gasteiger partial charge is 0.507 e. The summed E-state index contributed by atoms with van der Waals surface area (Å²) in [6.07, 6.45) is 2.56. The molecule has 158 valence electrons. The molecule has 2 N–H and O–H groups in total. The van der Waals surface area contributed by atoms with E-state index in [0.29, 0.717) is 24.5 Å². The second-order valence-electron chi connectivity index (χ2n) is 6.70. The van der Waals surface area contributed by atoms with E-state index in [9.17, 15) is 13.5 Å². The molecular formula is C18H17Cl2N5O4S. The third kappa shape index (κ3) is 4.08. The van der Waals surface area contributed by atoms with Gasteiger partial charge in [-0.15, -0.1) is 10.2 Å². The Bertz CT molecular complexity index is 1140. The summed E-state index contributed by atoms with van der Waals surface area (Å²) in [6.45, 7) is 0.837. The highest BCUT2D eigenvalue weighted by molar-refractivity contribution is 7.89. The van der Waals surface area contributed by atoms with E-state index in [1.54, 1.807) is 12.1 Å². The molecule has 1 aliphatic heterocycles. The zero-order valence-corrected chi connectivity index (χ0v) is 17.9. The SMILES string of the molecule is O=S(=O)(c1cc(Oc2c(Cl)cc(-c3nn[nH]n3)cc2Cl)ccc1O)N1CCCCC1. The number of rotatable bonds is 5. The fourth-order valence-electron chi connectivity index (χ4n) is 3.20. The normalized spacial score (nSPS) is 15.3. The lowest BCUT2D eigenvalue weighted by atomic mass is 10.2. The number of hydrogen-bond donors (Lipinski definition) is 2. The number of ether oxygens (including phenoxy) is 1. The van der Waals surface area contributed by atoms with Crippen LogP contribution in [0.1, 0.15) is 19.3 Å². The van der Waals surface area contributed by atoms with E-state index in [2.05, 4.69) is 20.6 Å². The maximum atomic E-state index is 13.0. The van der Waals surface area contributed by atoms with Crippen molar-refractivity contribution in [3.05, 3.63) is 40.4 Å². The molecular weight excluding hydrogens is 453 g/mol. The zero-order valence-electron chi connectivity index (χ0n) is 15.5. The Kier molecular flexibility index (Phi) is 5.83. The molecule has 1 aliphatic rings. The standard InChI is InChI=1S/C18H17Cl2N5O4S/c19-13-8-11(18-21-23-24-22-18)9-14(20)17(13)29-12-4-5-15(26)16(10-12)30(27,28)25-6-2-1-3-7-25/h4-5,8-10,26H,1-3,6-7H2,(H,21,22,23,24). The molecule has 0 atom stereocenters. The first-order valence-corrected chi connectivity index (χ1v) is 11.3. The molecule has 9 nitrogen and oxygen atoms in total. The summed E-state index contributed by atoms with van der Waals surface area (Å²) in [5.74, 6) is 0.263. The van der Waals surface area contributed by atoms with Gasteiger partial charge in [-0.2, -0.15) is 9.52 Å². The van der Waals surface area contributed by atoms with Gasteiger partial charge in [0.15, 0.2) is 5.75 Å². The minimum absolute atomic E-state index is 0.137. The van der Waals surface area contributed by atoms with Crippen LogP contribution >= 0.6 is 23.2 Å². The van der Waals surface area contributed by atoms with E-state index in [4.69, 9.17) is 27.9 Å². The number of aromatic hydroxyl groups is 1. The number of hydrogen-bond acceptors (Lipinski definition) is 7. The first-order valence-electron chi connectivity index (χ1n) is 9.10. The molecule has 0 aliphatic carbocycles. The van der Waals surface area contributed by atoms with Gasteiger partial charge in [0.05, 0.1) is 10.0 Å². The number of H-pyrrole nitrogens is 1. The van der Waals surface area contributed by atoms with E-state index in [1.165, 1.54) is 22.5 Å². The van der Waals surface area contributed by atoms with E-state index in [-0.39, 0.29) is 32.2 Å². The summed E-state index contributed by atoms with van der Waals surface area (Å²) in [4.78, 5) is -0.224. The van der Waals surface area contributed by atoms with Gasteiger partial charge in [0.2, 0.25) is 15.8 Å². The minimum atomic E-state index is -3.85. The molecule has 1 aromatic heterocycles. The van der Waals surface area contributed by atoms with Gasteiger partial charge >= 0.3 is 0 Å². The highest BCUT2D eigenvalue weighted by Crippen LogP contribution is 2.40. The average Bonchev–Trinajstić information content (AvgIpc) is 3.27. The maximum Gasteiger partial charge on any atom is 0.246 e. The molecule has 0 unspecified atom stereocenters. The monoisotopic (exact) mass is 469 g/mol. The summed E-state index contributed by atoms with van der Waals surface area (Å²) in [5.41, 5.74) is 0.533. The van der Waals surface area contributed by atoms with Crippen molar-refractivity contribution in [3.8, 4) is 28.6 Å². The number of halogens is 2. The Morgan fingerprint density at radius 3 is 2.40 bits per heavy atom. The van der Waals surface area contributed by atoms with Crippen LogP contribution in [0.3, 0.4) is 0 Å². The lowest BCUT2D eigenvalue weighted by molar-refractivity contribution is 0.344. The van der Waals surface area contributed by atoms with Gasteiger partial charge in [0.25, 0.3) is 0 Å². The number of aromatic amines is 1. The number of nitrogens with one attached hydrogen (secondary N) is 1. The van der Waals surface area contributed by atoms with Crippen LogP contribution in [0.5, 0.6) is 17.2 Å². The lowest BCUT2D eigenvalue weighted by Gasteiger charge is -2.26. The van der Waals surface area contributed by atoms with Crippen LogP contribution in [0, 0.1) is 0 Å². The second kappa shape index (κ2) is 8.38. The van der Waals surface area contributed by atoms with Crippen molar-refractivity contribution in [2.24, 2.45) is 0 Å². The summed E-state index contributed by atoms with van der Waals surface area (Å²) in [5, 5.41) is 24.1. The number of piperidine rings is 1. The van der Waals surface area contributed by atoms with Gasteiger partial charge in [0, 0.05) is 24.7 Å². The highest BCUT2D eigenvalue weighted by atomic mass is 35.5. The van der Waals surface area contributed by atoms with E-state index in [0.717, 1.165) is 19.3 Å². The Labute approximate surface area is 182 Å². The fourth-order valence-corrected chi connectivity index (χ4v) is 5.38. The minimum Gasteiger partial charge on any atom is -0.507 e. The van der Waals surface area contributed by atoms with Crippen molar-refractivity contribution in [1.29, 1.82) is 0 Å². The Balaban J connectivity index is 1.65. The number of phenolic OH excluding ortho intramolecular Hbond substituents is 1. The Morgan fingerprint density at radius 1 is 1.07 bits per heavy atom. The number of sulfonamides is 1. The fraction of sp³-hybridized carbons (Fsp3) is 0.278. The van der Waals surface area contributed by atoms with Crippen LogP contribution in [-0.4, -0.2) is 51.5 Å². The number of benzene rings is 2. The quantitative estimate of drug-likeness (QED) is 0.581. The van der Waals surface area contributed by atoms with Crippen LogP contribution in [0.4, 0.5) is 0 Å². The molecule has 0 saturated carbocycles. The van der Waals surface area contributed by atoms with Gasteiger partial charge in [-0.05, 0) is 42.3 Å². The van der Waals surface area contributed by atoms with Crippen LogP contribution < -0.4 is 4.74 Å². The van der Waals surface area contributed by atoms with Gasteiger partial charge in [-0.3, -0.25) is 0 Å². The van der Waals surface area contributed by atoms with Gasteiger partial charge in [0.1, 0.15) is 16.4 Å². The Morgan fingerprint density at radius 2 is 1.77 bits per heavy atom. The second-order valence-corrected chi connectivity index (χ2v) is 9.42. The van der Waals surface area contributed by atoms with Crippen molar-refractivity contribution in [2.75, 3.05) is 13.1 Å². The van der Waals surface area contributed by atoms with Crippen LogP contribution in [0.2, 0.25) is 10.0 Å². The smallest absolute Gasteiger partial charge is 0.246 e. The summed E-state index contributed by atoms with van der Waals surface area (Å²) < 4.78 is 33.1. The molecule has 2 heterocycles. The topological polar surface area (TPSA) is 121 Å². The van der Waals surface area contributed by atoms with E-state index in [1.807, 2.05) is 0 Å². The molecule has 1 fully saturated rings.